The third-order valence-electron chi connectivity index (χ3n) is 5.82. The molecular formula is C21H24I2N2O2S. The summed E-state index contributed by atoms with van der Waals surface area (Å²) >= 11 is 6.36. The number of fused-ring (bicyclic) bond motifs is 3. The number of halogens is 2. The second-order valence-corrected chi connectivity index (χ2v) is 12.1. The summed E-state index contributed by atoms with van der Waals surface area (Å²) in [6.45, 7) is 6.96. The van der Waals surface area contributed by atoms with Gasteiger partial charge in [-0.25, -0.2) is 0 Å². The van der Waals surface area contributed by atoms with Gasteiger partial charge in [-0.05, 0) is 93.5 Å². The molecule has 1 aliphatic heterocycles. The maximum atomic E-state index is 13.1. The van der Waals surface area contributed by atoms with E-state index in [2.05, 4.69) is 88.7 Å². The molecule has 0 unspecified atom stereocenters. The topological polar surface area (TPSA) is 50.4 Å². The Kier molecular flexibility index (Phi) is 5.63. The first-order chi connectivity index (χ1) is 13.2. The molecule has 0 saturated heterocycles. The van der Waals surface area contributed by atoms with Crippen molar-refractivity contribution in [1.82, 2.24) is 5.32 Å². The van der Waals surface area contributed by atoms with Crippen LogP contribution in [0.5, 0.6) is 5.75 Å². The van der Waals surface area contributed by atoms with Gasteiger partial charge in [0.15, 0.2) is 0 Å². The minimum atomic E-state index is -0.281. The SMILES string of the molecule is COc1c(I)cc(I)cc1[C@H]1NC(=O)c2c(sc3c2CC[C@H](C(C)(C)C)C3)N1. The Bertz CT molecular complexity index is 949. The molecule has 0 radical (unpaired) electrons. The van der Waals surface area contributed by atoms with Crippen LogP contribution in [0.2, 0.25) is 0 Å². The highest BCUT2D eigenvalue weighted by molar-refractivity contribution is 14.1. The van der Waals surface area contributed by atoms with E-state index >= 15 is 0 Å². The summed E-state index contributed by atoms with van der Waals surface area (Å²) in [5, 5.41) is 7.75. The normalized spacial score (nSPS) is 21.4. The number of benzene rings is 1. The monoisotopic (exact) mass is 622 g/mol. The van der Waals surface area contributed by atoms with E-state index in [0.717, 1.165) is 48.3 Å². The van der Waals surface area contributed by atoms with Crippen LogP contribution in [0.1, 0.15) is 59.7 Å². The molecule has 1 aliphatic carbocycles. The summed E-state index contributed by atoms with van der Waals surface area (Å²) in [4.78, 5) is 14.4. The Balaban J connectivity index is 1.70. The van der Waals surface area contributed by atoms with Gasteiger partial charge in [-0.1, -0.05) is 20.8 Å². The molecule has 4 nitrogen and oxygen atoms in total. The van der Waals surface area contributed by atoms with Crippen molar-refractivity contribution < 1.29 is 9.53 Å². The highest BCUT2D eigenvalue weighted by Crippen LogP contribution is 2.46. The lowest BCUT2D eigenvalue weighted by molar-refractivity contribution is 0.0934. The smallest absolute Gasteiger partial charge is 0.256 e. The van der Waals surface area contributed by atoms with Crippen LogP contribution >= 0.6 is 56.5 Å². The van der Waals surface area contributed by atoms with Crippen LogP contribution in [0, 0.1) is 18.5 Å². The molecule has 2 heterocycles. The molecule has 1 aromatic heterocycles. The Morgan fingerprint density at radius 2 is 1.96 bits per heavy atom. The summed E-state index contributed by atoms with van der Waals surface area (Å²) in [5.74, 6) is 1.51. The largest absolute Gasteiger partial charge is 0.495 e. The van der Waals surface area contributed by atoms with E-state index < -0.39 is 0 Å². The zero-order chi connectivity index (χ0) is 20.2. The first-order valence-corrected chi connectivity index (χ1v) is 12.4. The van der Waals surface area contributed by atoms with E-state index in [0.29, 0.717) is 11.3 Å². The van der Waals surface area contributed by atoms with Gasteiger partial charge in [0.1, 0.15) is 16.9 Å². The van der Waals surface area contributed by atoms with Crippen LogP contribution in [-0.4, -0.2) is 13.0 Å². The minimum Gasteiger partial charge on any atom is -0.495 e. The number of carbonyl (C=O) groups is 1. The number of amides is 1. The summed E-state index contributed by atoms with van der Waals surface area (Å²) in [6, 6.07) is 4.16. The first kappa shape index (κ1) is 20.7. The Morgan fingerprint density at radius 3 is 2.64 bits per heavy atom. The second kappa shape index (κ2) is 7.61. The number of ether oxygens (including phenoxy) is 1. The molecule has 0 saturated carbocycles. The van der Waals surface area contributed by atoms with Crippen LogP contribution in [0.25, 0.3) is 0 Å². The molecule has 1 amide bonds. The Hall–Kier alpha value is -0.550. The van der Waals surface area contributed by atoms with Gasteiger partial charge in [-0.2, -0.15) is 0 Å². The van der Waals surface area contributed by atoms with Gasteiger partial charge >= 0.3 is 0 Å². The average molecular weight is 622 g/mol. The van der Waals surface area contributed by atoms with Crippen molar-refractivity contribution >= 4 is 67.4 Å². The fourth-order valence-electron chi connectivity index (χ4n) is 4.20. The number of thiophene rings is 1. The molecule has 2 aromatic rings. The molecule has 150 valence electrons. The number of rotatable bonds is 2. The van der Waals surface area contributed by atoms with Gasteiger partial charge < -0.3 is 15.4 Å². The summed E-state index contributed by atoms with van der Waals surface area (Å²) < 4.78 is 7.81. The predicted molar refractivity (Wildman–Crippen MR) is 132 cm³/mol. The third kappa shape index (κ3) is 3.66. The van der Waals surface area contributed by atoms with Crippen molar-refractivity contribution in [1.29, 1.82) is 0 Å². The third-order valence-corrected chi connectivity index (χ3v) is 8.43. The lowest BCUT2D eigenvalue weighted by Gasteiger charge is -2.34. The van der Waals surface area contributed by atoms with E-state index in [1.807, 2.05) is 0 Å². The number of methoxy groups -OCH3 is 1. The summed E-state index contributed by atoms with van der Waals surface area (Å²) in [6.07, 6.45) is 2.93. The summed E-state index contributed by atoms with van der Waals surface area (Å²) in [7, 11) is 1.68. The van der Waals surface area contributed by atoms with E-state index in [4.69, 9.17) is 4.74 Å². The molecule has 2 atom stereocenters. The number of nitrogens with one attached hydrogen (secondary N) is 2. The zero-order valence-corrected chi connectivity index (χ0v) is 21.5. The molecular weight excluding hydrogens is 598 g/mol. The van der Waals surface area contributed by atoms with Crippen molar-refractivity contribution in [2.75, 3.05) is 12.4 Å². The first-order valence-electron chi connectivity index (χ1n) is 9.44. The van der Waals surface area contributed by atoms with Crippen molar-refractivity contribution in [3.05, 3.63) is 40.8 Å². The van der Waals surface area contributed by atoms with Crippen molar-refractivity contribution in [3.8, 4) is 5.75 Å². The molecule has 2 N–H and O–H groups in total. The molecule has 1 aromatic carbocycles. The predicted octanol–water partition coefficient (Wildman–Crippen LogP) is 5.97. The molecule has 0 spiro atoms. The second-order valence-electron chi connectivity index (χ2n) is 8.57. The fourth-order valence-corrected chi connectivity index (χ4v) is 7.67. The maximum Gasteiger partial charge on any atom is 0.256 e. The van der Waals surface area contributed by atoms with Crippen LogP contribution in [0.15, 0.2) is 12.1 Å². The molecule has 28 heavy (non-hydrogen) atoms. The number of hydrogen-bond donors (Lipinski definition) is 2. The average Bonchev–Trinajstić information content (AvgIpc) is 2.98. The number of carbonyl (C=O) groups excluding carboxylic acids is 1. The van der Waals surface area contributed by atoms with Gasteiger partial charge in [-0.3, -0.25) is 4.79 Å². The summed E-state index contributed by atoms with van der Waals surface area (Å²) in [5.41, 5.74) is 3.39. The fraction of sp³-hybridized carbons (Fsp3) is 0.476. The van der Waals surface area contributed by atoms with Crippen LogP contribution in [-0.2, 0) is 12.8 Å². The van der Waals surface area contributed by atoms with Crippen LogP contribution in [0.3, 0.4) is 0 Å². The highest BCUT2D eigenvalue weighted by Gasteiger charge is 2.37. The number of anilines is 1. The zero-order valence-electron chi connectivity index (χ0n) is 16.4. The standard InChI is InChI=1S/C21H24I2N2O2S/c1-21(2,3)10-5-6-12-15(7-10)28-20-16(12)19(26)24-18(25-20)13-8-11(22)9-14(23)17(13)27-4/h8-10,18,25H,5-7H2,1-4H3,(H,24,26)/t10-,18-/m0/s1. The van der Waals surface area contributed by atoms with Gasteiger partial charge in [0.05, 0.1) is 16.2 Å². The van der Waals surface area contributed by atoms with Gasteiger partial charge in [-0.15, -0.1) is 11.3 Å². The number of hydrogen-bond acceptors (Lipinski definition) is 4. The van der Waals surface area contributed by atoms with Gasteiger partial charge in [0.25, 0.3) is 5.91 Å². The maximum absolute atomic E-state index is 13.1. The van der Waals surface area contributed by atoms with Crippen LogP contribution in [0.4, 0.5) is 5.00 Å². The van der Waals surface area contributed by atoms with E-state index in [-0.39, 0.29) is 12.1 Å². The quantitative estimate of drug-likeness (QED) is 0.406. The van der Waals surface area contributed by atoms with Crippen molar-refractivity contribution in [3.63, 3.8) is 0 Å². The Labute approximate surface area is 197 Å². The van der Waals surface area contributed by atoms with Crippen molar-refractivity contribution in [2.24, 2.45) is 11.3 Å². The molecule has 7 heteroatoms. The van der Waals surface area contributed by atoms with E-state index in [9.17, 15) is 4.79 Å². The van der Waals surface area contributed by atoms with Gasteiger partial charge in [0, 0.05) is 14.0 Å². The van der Waals surface area contributed by atoms with Crippen LogP contribution < -0.4 is 15.4 Å². The Morgan fingerprint density at radius 1 is 1.21 bits per heavy atom. The van der Waals surface area contributed by atoms with Crippen molar-refractivity contribution in [2.45, 2.75) is 46.2 Å². The van der Waals surface area contributed by atoms with Gasteiger partial charge in [0.2, 0.25) is 0 Å². The molecule has 4 rings (SSSR count). The van der Waals surface area contributed by atoms with E-state index in [1.165, 1.54) is 10.4 Å². The van der Waals surface area contributed by atoms with E-state index in [1.54, 1.807) is 18.4 Å². The highest BCUT2D eigenvalue weighted by atomic mass is 127. The molecule has 0 fully saturated rings. The lowest BCUT2D eigenvalue weighted by Crippen LogP contribution is -2.38. The lowest BCUT2D eigenvalue weighted by atomic mass is 9.72. The molecule has 0 bridgehead atoms. The molecule has 2 aliphatic rings. The minimum absolute atomic E-state index is 0.0291.